The normalized spacial score (nSPS) is 11.0. The molecule has 2 aromatic rings. The Labute approximate surface area is 146 Å². The zero-order valence-electron chi connectivity index (χ0n) is 14.0. The maximum absolute atomic E-state index is 12.1. The highest BCUT2D eigenvalue weighted by molar-refractivity contribution is 7.80. The van der Waals surface area contributed by atoms with Crippen LogP contribution < -0.4 is 16.2 Å². The van der Waals surface area contributed by atoms with E-state index in [1.807, 2.05) is 42.5 Å². The number of amides is 2. The van der Waals surface area contributed by atoms with Gasteiger partial charge in [-0.2, -0.15) is 0 Å². The Morgan fingerprint density at radius 3 is 2.38 bits per heavy atom. The lowest BCUT2D eigenvalue weighted by molar-refractivity contribution is -0.127. The van der Waals surface area contributed by atoms with Gasteiger partial charge in [-0.25, -0.2) is 0 Å². The van der Waals surface area contributed by atoms with E-state index in [4.69, 9.17) is 12.2 Å². The summed E-state index contributed by atoms with van der Waals surface area (Å²) in [6, 6.07) is 13.7. The molecule has 126 valence electrons. The molecule has 6 heteroatoms. The number of rotatable bonds is 2. The van der Waals surface area contributed by atoms with Crippen molar-refractivity contribution in [3.63, 3.8) is 0 Å². The third-order valence-corrected chi connectivity index (χ3v) is 3.66. The molecule has 0 bridgehead atoms. The summed E-state index contributed by atoms with van der Waals surface area (Å²) in [6.07, 6.45) is 0.212. The molecular weight excluding hydrogens is 322 g/mol. The Kier molecular flexibility index (Phi) is 5.51. The van der Waals surface area contributed by atoms with Gasteiger partial charge in [-0.1, -0.05) is 63.2 Å². The van der Waals surface area contributed by atoms with Gasteiger partial charge in [-0.05, 0) is 28.6 Å². The highest BCUT2D eigenvalue weighted by atomic mass is 32.1. The van der Waals surface area contributed by atoms with Crippen molar-refractivity contribution >= 4 is 39.9 Å². The van der Waals surface area contributed by atoms with Crippen molar-refractivity contribution in [3.05, 3.63) is 48.0 Å². The number of benzene rings is 2. The van der Waals surface area contributed by atoms with E-state index in [1.54, 1.807) is 20.8 Å². The summed E-state index contributed by atoms with van der Waals surface area (Å²) in [6.45, 7) is 5.35. The number of nitrogens with one attached hydrogen (secondary N) is 3. The molecule has 5 nitrogen and oxygen atoms in total. The van der Waals surface area contributed by atoms with Crippen LogP contribution in [-0.2, 0) is 16.0 Å². The molecule has 0 spiro atoms. The lowest BCUT2D eigenvalue weighted by Crippen LogP contribution is -2.51. The quantitative estimate of drug-likeness (QED) is 0.579. The Bertz CT molecular complexity index is 776. The second kappa shape index (κ2) is 7.40. The van der Waals surface area contributed by atoms with Crippen LogP contribution in [0, 0.1) is 5.41 Å². The van der Waals surface area contributed by atoms with Gasteiger partial charge in [-0.15, -0.1) is 0 Å². The second-order valence-corrected chi connectivity index (χ2v) is 6.93. The minimum absolute atomic E-state index is 0.0706. The summed E-state index contributed by atoms with van der Waals surface area (Å²) < 4.78 is 0. The highest BCUT2D eigenvalue weighted by Gasteiger charge is 2.22. The number of carbonyl (C=O) groups excluding carboxylic acids is 2. The summed E-state index contributed by atoms with van der Waals surface area (Å²) in [5.74, 6) is -0.456. The Balaban J connectivity index is 1.91. The molecule has 2 aromatic carbocycles. The molecule has 0 unspecified atom stereocenters. The van der Waals surface area contributed by atoms with E-state index in [-0.39, 0.29) is 23.3 Å². The van der Waals surface area contributed by atoms with E-state index in [0.717, 1.165) is 16.3 Å². The molecule has 0 fully saturated rings. The molecule has 0 aliphatic heterocycles. The summed E-state index contributed by atoms with van der Waals surface area (Å²) in [7, 11) is 0. The lowest BCUT2D eigenvalue weighted by Gasteiger charge is -2.18. The standard InChI is InChI=1S/C18H21N3O2S/c1-18(2,3)16(23)19-17(24)21-20-15(22)11-13-9-6-8-12-7-4-5-10-14(12)13/h4-10H,11H2,1-3H3,(H,20,22)(H2,19,21,23,24). The van der Waals surface area contributed by atoms with E-state index in [1.165, 1.54) is 0 Å². The number of thiocarbonyl (C=S) groups is 1. The Morgan fingerprint density at radius 2 is 1.67 bits per heavy atom. The van der Waals surface area contributed by atoms with Gasteiger partial charge in [0.25, 0.3) is 0 Å². The molecule has 3 N–H and O–H groups in total. The average molecular weight is 343 g/mol. The molecule has 0 saturated heterocycles. The zero-order chi connectivity index (χ0) is 17.7. The first-order valence-electron chi connectivity index (χ1n) is 7.64. The molecule has 0 heterocycles. The van der Waals surface area contributed by atoms with E-state index >= 15 is 0 Å². The van der Waals surface area contributed by atoms with Crippen LogP contribution in [0.1, 0.15) is 26.3 Å². The predicted octanol–water partition coefficient (Wildman–Crippen LogP) is 2.45. The fourth-order valence-corrected chi connectivity index (χ4v) is 2.26. The van der Waals surface area contributed by atoms with Gasteiger partial charge in [0.2, 0.25) is 11.8 Å². The van der Waals surface area contributed by atoms with Crippen molar-refractivity contribution in [1.29, 1.82) is 0 Å². The number of hydrazine groups is 1. The SMILES string of the molecule is CC(C)(C)C(=O)NC(=S)NNC(=O)Cc1cccc2ccccc12. The van der Waals surface area contributed by atoms with Crippen molar-refractivity contribution in [2.75, 3.05) is 0 Å². The molecule has 0 aliphatic rings. The van der Waals surface area contributed by atoms with Crippen molar-refractivity contribution in [2.24, 2.45) is 5.41 Å². The predicted molar refractivity (Wildman–Crippen MR) is 99.1 cm³/mol. The average Bonchev–Trinajstić information content (AvgIpc) is 2.52. The maximum atomic E-state index is 12.1. The van der Waals surface area contributed by atoms with Crippen LogP contribution in [0.4, 0.5) is 0 Å². The molecule has 0 radical (unpaired) electrons. The van der Waals surface area contributed by atoms with Gasteiger partial charge in [-0.3, -0.25) is 20.4 Å². The largest absolute Gasteiger partial charge is 0.301 e. The summed E-state index contributed by atoms with van der Waals surface area (Å²) in [5, 5.41) is 4.73. The maximum Gasteiger partial charge on any atom is 0.242 e. The summed E-state index contributed by atoms with van der Waals surface area (Å²) in [4.78, 5) is 23.9. The van der Waals surface area contributed by atoms with Crippen molar-refractivity contribution < 1.29 is 9.59 Å². The van der Waals surface area contributed by atoms with Gasteiger partial charge in [0, 0.05) is 5.41 Å². The van der Waals surface area contributed by atoms with Crippen LogP contribution >= 0.6 is 12.2 Å². The second-order valence-electron chi connectivity index (χ2n) is 6.52. The van der Waals surface area contributed by atoms with E-state index in [9.17, 15) is 9.59 Å². The third-order valence-electron chi connectivity index (χ3n) is 3.45. The number of hydrogen-bond donors (Lipinski definition) is 3. The molecule has 2 rings (SSSR count). The molecule has 0 atom stereocenters. The van der Waals surface area contributed by atoms with Crippen LogP contribution in [0.3, 0.4) is 0 Å². The first-order chi connectivity index (χ1) is 11.3. The zero-order valence-corrected chi connectivity index (χ0v) is 14.8. The summed E-state index contributed by atoms with van der Waals surface area (Å²) in [5.41, 5.74) is 5.43. The highest BCUT2D eigenvalue weighted by Crippen LogP contribution is 2.18. The Morgan fingerprint density at radius 1 is 1.00 bits per heavy atom. The molecule has 0 saturated carbocycles. The van der Waals surface area contributed by atoms with Crippen molar-refractivity contribution in [1.82, 2.24) is 16.2 Å². The fraction of sp³-hybridized carbons (Fsp3) is 0.278. The monoisotopic (exact) mass is 343 g/mol. The number of fused-ring (bicyclic) bond motifs is 1. The van der Waals surface area contributed by atoms with Crippen LogP contribution in [-0.4, -0.2) is 16.9 Å². The molecule has 0 aromatic heterocycles. The smallest absolute Gasteiger partial charge is 0.242 e. The third kappa shape index (κ3) is 4.76. The first-order valence-corrected chi connectivity index (χ1v) is 8.05. The molecule has 0 aliphatic carbocycles. The van der Waals surface area contributed by atoms with Crippen molar-refractivity contribution in [2.45, 2.75) is 27.2 Å². The van der Waals surface area contributed by atoms with Gasteiger partial charge in [0.1, 0.15) is 0 Å². The van der Waals surface area contributed by atoms with Gasteiger partial charge >= 0.3 is 0 Å². The minimum Gasteiger partial charge on any atom is -0.301 e. The molecule has 24 heavy (non-hydrogen) atoms. The first kappa shape index (κ1) is 17.9. The van der Waals surface area contributed by atoms with E-state index in [0.29, 0.717) is 0 Å². The number of carbonyl (C=O) groups is 2. The van der Waals surface area contributed by atoms with Crippen LogP contribution in [0.25, 0.3) is 10.8 Å². The van der Waals surface area contributed by atoms with Gasteiger partial charge in [0.15, 0.2) is 5.11 Å². The van der Waals surface area contributed by atoms with Crippen LogP contribution in [0.2, 0.25) is 0 Å². The fourth-order valence-electron chi connectivity index (χ4n) is 2.11. The minimum atomic E-state index is -0.557. The van der Waals surface area contributed by atoms with E-state index < -0.39 is 5.41 Å². The lowest BCUT2D eigenvalue weighted by atomic mass is 9.96. The topological polar surface area (TPSA) is 70.2 Å². The van der Waals surface area contributed by atoms with E-state index in [2.05, 4.69) is 16.2 Å². The van der Waals surface area contributed by atoms with Crippen LogP contribution in [0.5, 0.6) is 0 Å². The molecule has 2 amide bonds. The van der Waals surface area contributed by atoms with Crippen LogP contribution in [0.15, 0.2) is 42.5 Å². The van der Waals surface area contributed by atoms with Gasteiger partial charge < -0.3 is 5.32 Å². The number of hydrogen-bond acceptors (Lipinski definition) is 3. The summed E-state index contributed by atoms with van der Waals surface area (Å²) >= 11 is 5.00. The van der Waals surface area contributed by atoms with Crippen molar-refractivity contribution in [3.8, 4) is 0 Å². The Hall–Kier alpha value is -2.47. The van der Waals surface area contributed by atoms with Gasteiger partial charge in [0.05, 0.1) is 6.42 Å². The molecular formula is C18H21N3O2S.